The standard InChI is InChI=1S/C18H21ClF3N3S/c1-13-11-25(10-9-23-13)15-6-5-14(18(20,21)22)16(24-15)26-12-17(19)7-3-2-4-8-17/h2-7,13,23H,8-12H2,1H3/t13-,17?/m0/s1. The molecule has 8 heteroatoms. The number of pyridine rings is 1. The molecule has 3 rings (SSSR count). The van der Waals surface area contributed by atoms with Gasteiger partial charge in [-0.2, -0.15) is 13.2 Å². The first kappa shape index (κ1) is 19.6. The van der Waals surface area contributed by atoms with Crippen LogP contribution in [0.25, 0.3) is 0 Å². The van der Waals surface area contributed by atoms with Gasteiger partial charge in [0.05, 0.1) is 10.4 Å². The van der Waals surface area contributed by atoms with Crippen LogP contribution in [-0.2, 0) is 6.18 Å². The van der Waals surface area contributed by atoms with Crippen LogP contribution in [0.1, 0.15) is 18.9 Å². The van der Waals surface area contributed by atoms with Gasteiger partial charge in [0.1, 0.15) is 10.8 Å². The van der Waals surface area contributed by atoms with E-state index in [2.05, 4.69) is 10.3 Å². The predicted molar refractivity (Wildman–Crippen MR) is 101 cm³/mol. The highest BCUT2D eigenvalue weighted by atomic mass is 35.5. The molecule has 1 N–H and O–H groups in total. The number of rotatable bonds is 4. The highest BCUT2D eigenvalue weighted by Crippen LogP contribution is 2.40. The third-order valence-corrected chi connectivity index (χ3v) is 6.21. The number of alkyl halides is 4. The van der Waals surface area contributed by atoms with E-state index in [1.807, 2.05) is 36.1 Å². The molecule has 26 heavy (non-hydrogen) atoms. The molecule has 0 bridgehead atoms. The van der Waals surface area contributed by atoms with Gasteiger partial charge in [0, 0.05) is 31.4 Å². The Balaban J connectivity index is 1.83. The number of anilines is 1. The summed E-state index contributed by atoms with van der Waals surface area (Å²) < 4.78 is 40.2. The van der Waals surface area contributed by atoms with Crippen molar-refractivity contribution in [3.8, 4) is 0 Å². The minimum atomic E-state index is -4.44. The molecule has 3 nitrogen and oxygen atoms in total. The molecule has 2 atom stereocenters. The maximum Gasteiger partial charge on any atom is 0.419 e. The Hall–Kier alpha value is -1.18. The Morgan fingerprint density at radius 2 is 2.19 bits per heavy atom. The van der Waals surface area contributed by atoms with Crippen LogP contribution in [0.4, 0.5) is 19.0 Å². The van der Waals surface area contributed by atoms with Gasteiger partial charge in [0.2, 0.25) is 0 Å². The summed E-state index contributed by atoms with van der Waals surface area (Å²) in [7, 11) is 0. The predicted octanol–water partition coefficient (Wildman–Crippen LogP) is 4.48. The molecule has 0 spiro atoms. The topological polar surface area (TPSA) is 28.2 Å². The van der Waals surface area contributed by atoms with Crippen molar-refractivity contribution in [1.29, 1.82) is 0 Å². The van der Waals surface area contributed by atoms with Gasteiger partial charge in [0.15, 0.2) is 0 Å². The zero-order valence-corrected chi connectivity index (χ0v) is 16.0. The molecule has 0 aromatic carbocycles. The second kappa shape index (κ2) is 7.82. The average molecular weight is 404 g/mol. The summed E-state index contributed by atoms with van der Waals surface area (Å²) in [4.78, 5) is 5.70. The number of nitrogens with one attached hydrogen (secondary N) is 1. The van der Waals surface area contributed by atoms with E-state index in [0.29, 0.717) is 18.0 Å². The zero-order valence-electron chi connectivity index (χ0n) is 14.4. The van der Waals surface area contributed by atoms with Gasteiger partial charge in [-0.1, -0.05) is 24.3 Å². The van der Waals surface area contributed by atoms with E-state index in [1.54, 1.807) is 0 Å². The lowest BCUT2D eigenvalue weighted by atomic mass is 10.0. The van der Waals surface area contributed by atoms with Crippen LogP contribution in [0.2, 0.25) is 0 Å². The van der Waals surface area contributed by atoms with Crippen molar-refractivity contribution >= 4 is 29.2 Å². The molecule has 2 heterocycles. The van der Waals surface area contributed by atoms with Crippen molar-refractivity contribution in [1.82, 2.24) is 10.3 Å². The first-order valence-electron chi connectivity index (χ1n) is 8.49. The smallest absolute Gasteiger partial charge is 0.354 e. The number of aromatic nitrogens is 1. The summed E-state index contributed by atoms with van der Waals surface area (Å²) >= 11 is 7.58. The molecule has 1 unspecified atom stereocenters. The number of hydrogen-bond donors (Lipinski definition) is 1. The van der Waals surface area contributed by atoms with Crippen LogP contribution in [0.5, 0.6) is 0 Å². The van der Waals surface area contributed by atoms with Crippen LogP contribution < -0.4 is 10.2 Å². The Labute approximate surface area is 160 Å². The van der Waals surface area contributed by atoms with Gasteiger partial charge in [-0.3, -0.25) is 0 Å². The minimum Gasteiger partial charge on any atom is -0.354 e. The third-order valence-electron chi connectivity index (χ3n) is 4.39. The van der Waals surface area contributed by atoms with Gasteiger partial charge in [-0.25, -0.2) is 4.98 Å². The molecule has 1 saturated heterocycles. The number of thioether (sulfide) groups is 1. The maximum atomic E-state index is 13.4. The largest absolute Gasteiger partial charge is 0.419 e. The van der Waals surface area contributed by atoms with Gasteiger partial charge in [-0.15, -0.1) is 23.4 Å². The van der Waals surface area contributed by atoms with Crippen LogP contribution in [0.3, 0.4) is 0 Å². The monoisotopic (exact) mass is 403 g/mol. The number of halogens is 4. The van der Waals surface area contributed by atoms with Crippen LogP contribution >= 0.6 is 23.4 Å². The summed E-state index contributed by atoms with van der Waals surface area (Å²) in [5.41, 5.74) is -0.704. The molecule has 0 amide bonds. The van der Waals surface area contributed by atoms with E-state index in [-0.39, 0.29) is 11.1 Å². The summed E-state index contributed by atoms with van der Waals surface area (Å²) in [6, 6.07) is 2.87. The Kier molecular flexibility index (Phi) is 5.89. The number of allylic oxidation sites excluding steroid dienone is 4. The lowest BCUT2D eigenvalue weighted by Crippen LogP contribution is -2.49. The van der Waals surface area contributed by atoms with Crippen LogP contribution in [0, 0.1) is 0 Å². The molecule has 2 aliphatic rings. The normalized spacial score (nSPS) is 26.3. The average Bonchev–Trinajstić information content (AvgIpc) is 2.60. The Bertz CT molecular complexity index is 707. The minimum absolute atomic E-state index is 0.0100. The van der Waals surface area contributed by atoms with Crippen molar-refractivity contribution < 1.29 is 13.2 Å². The fourth-order valence-electron chi connectivity index (χ4n) is 3.01. The number of nitrogens with zero attached hydrogens (tertiary/aromatic N) is 2. The Morgan fingerprint density at radius 3 is 2.85 bits per heavy atom. The summed E-state index contributed by atoms with van der Waals surface area (Å²) in [6.07, 6.45) is 3.62. The van der Waals surface area contributed by atoms with E-state index in [9.17, 15) is 13.2 Å². The SMILES string of the molecule is C[C@H]1CN(c2ccc(C(F)(F)F)c(SCC3(Cl)C=CC=CC3)n2)CCN1. The zero-order chi connectivity index (χ0) is 18.8. The fraction of sp³-hybridized carbons (Fsp3) is 0.500. The first-order valence-corrected chi connectivity index (χ1v) is 9.86. The number of hydrogen-bond acceptors (Lipinski definition) is 4. The highest BCUT2D eigenvalue weighted by molar-refractivity contribution is 7.99. The quantitative estimate of drug-likeness (QED) is 0.592. The van der Waals surface area contributed by atoms with Crippen LogP contribution in [-0.4, -0.2) is 41.3 Å². The maximum absolute atomic E-state index is 13.4. The number of piperazine rings is 1. The van der Waals surface area contributed by atoms with E-state index >= 15 is 0 Å². The molecular formula is C18H21ClF3N3S. The van der Waals surface area contributed by atoms with Crippen molar-refractivity contribution in [2.45, 2.75) is 35.5 Å². The molecule has 1 aromatic heterocycles. The third kappa shape index (κ3) is 4.75. The molecule has 1 aliphatic carbocycles. The lowest BCUT2D eigenvalue weighted by Gasteiger charge is -2.33. The summed E-state index contributed by atoms with van der Waals surface area (Å²) in [5, 5.41) is 3.31. The van der Waals surface area contributed by atoms with Crippen molar-refractivity contribution in [2.75, 3.05) is 30.3 Å². The van der Waals surface area contributed by atoms with E-state index < -0.39 is 16.6 Å². The first-order chi connectivity index (χ1) is 12.3. The van der Waals surface area contributed by atoms with Crippen molar-refractivity contribution in [3.63, 3.8) is 0 Å². The van der Waals surface area contributed by atoms with Gasteiger partial charge < -0.3 is 10.2 Å². The Morgan fingerprint density at radius 1 is 1.38 bits per heavy atom. The molecule has 1 aromatic rings. The van der Waals surface area contributed by atoms with Crippen molar-refractivity contribution in [2.24, 2.45) is 0 Å². The van der Waals surface area contributed by atoms with Crippen LogP contribution in [0.15, 0.2) is 41.5 Å². The van der Waals surface area contributed by atoms with E-state index in [1.165, 1.54) is 6.07 Å². The summed E-state index contributed by atoms with van der Waals surface area (Å²) in [6.45, 7) is 4.27. The van der Waals surface area contributed by atoms with E-state index in [4.69, 9.17) is 11.6 Å². The molecular weight excluding hydrogens is 383 g/mol. The lowest BCUT2D eigenvalue weighted by molar-refractivity contribution is -0.140. The summed E-state index contributed by atoms with van der Waals surface area (Å²) in [5.74, 6) is 0.906. The van der Waals surface area contributed by atoms with Gasteiger partial charge >= 0.3 is 6.18 Å². The molecule has 1 fully saturated rings. The second-order valence-corrected chi connectivity index (χ2v) is 8.35. The van der Waals surface area contributed by atoms with E-state index in [0.717, 1.165) is 37.5 Å². The molecule has 142 valence electrons. The van der Waals surface area contributed by atoms with Crippen molar-refractivity contribution in [3.05, 3.63) is 42.0 Å². The fourth-order valence-corrected chi connectivity index (χ4v) is 4.42. The molecule has 0 radical (unpaired) electrons. The highest BCUT2D eigenvalue weighted by Gasteiger charge is 2.36. The molecule has 0 saturated carbocycles. The molecule has 1 aliphatic heterocycles. The van der Waals surface area contributed by atoms with Gasteiger partial charge in [0.25, 0.3) is 0 Å². The van der Waals surface area contributed by atoms with Gasteiger partial charge in [-0.05, 0) is 25.5 Å². The second-order valence-electron chi connectivity index (χ2n) is 6.64.